The molecule has 1 aliphatic carbocycles. The number of epoxide rings is 1. The molecule has 6 heteroatoms. The highest BCUT2D eigenvalue weighted by atomic mass is 16.6. The van der Waals surface area contributed by atoms with E-state index in [9.17, 15) is 15.3 Å². The number of benzene rings is 1. The van der Waals surface area contributed by atoms with Crippen LogP contribution in [0.2, 0.25) is 0 Å². The van der Waals surface area contributed by atoms with Crippen LogP contribution in [0.4, 0.5) is 0 Å². The van der Waals surface area contributed by atoms with E-state index in [0.29, 0.717) is 6.54 Å². The van der Waals surface area contributed by atoms with Crippen molar-refractivity contribution in [1.29, 1.82) is 0 Å². The fourth-order valence-electron chi connectivity index (χ4n) is 3.34. The molecule has 24 heavy (non-hydrogen) atoms. The number of nitrogens with one attached hydrogen (secondary N) is 1. The predicted octanol–water partition coefficient (Wildman–Crippen LogP) is 0.0705. The molecule has 0 amide bonds. The molecule has 2 aromatic rings. The van der Waals surface area contributed by atoms with Gasteiger partial charge in [0.2, 0.25) is 0 Å². The highest BCUT2D eigenvalue weighted by Crippen LogP contribution is 2.37. The second-order valence-corrected chi connectivity index (χ2v) is 6.38. The van der Waals surface area contributed by atoms with Gasteiger partial charge >= 0.3 is 0 Å². The molecule has 4 rings (SSSR count). The second-order valence-electron chi connectivity index (χ2n) is 6.38. The Kier molecular flexibility index (Phi) is 4.07. The third kappa shape index (κ3) is 2.83. The number of nitrogens with zero attached hydrogens (tertiary/aromatic N) is 1. The Bertz CT molecular complexity index is 694. The Morgan fingerprint density at radius 2 is 1.50 bits per heavy atom. The van der Waals surface area contributed by atoms with Gasteiger partial charge in [0.1, 0.15) is 30.5 Å². The summed E-state index contributed by atoms with van der Waals surface area (Å²) in [7, 11) is 0. The third-order valence-corrected chi connectivity index (χ3v) is 4.83. The normalized spacial score (nSPS) is 34.6. The second kappa shape index (κ2) is 6.23. The van der Waals surface area contributed by atoms with Gasteiger partial charge in [0, 0.05) is 18.9 Å². The zero-order valence-corrected chi connectivity index (χ0v) is 13.0. The molecule has 6 nitrogen and oxygen atoms in total. The van der Waals surface area contributed by atoms with Gasteiger partial charge in [-0.25, -0.2) is 0 Å². The first-order valence-electron chi connectivity index (χ1n) is 8.07. The van der Waals surface area contributed by atoms with Gasteiger partial charge in [0.05, 0.1) is 6.04 Å². The number of hydrogen-bond acceptors (Lipinski definition) is 6. The first-order chi connectivity index (χ1) is 11.6. The molecule has 0 radical (unpaired) electrons. The van der Waals surface area contributed by atoms with Crippen molar-refractivity contribution in [2.45, 2.75) is 43.1 Å². The summed E-state index contributed by atoms with van der Waals surface area (Å²) in [5.74, 6) is 0. The molecule has 2 heterocycles. The van der Waals surface area contributed by atoms with Gasteiger partial charge in [0.15, 0.2) is 0 Å². The smallest absolute Gasteiger partial charge is 0.114 e. The first kappa shape index (κ1) is 15.7. The lowest BCUT2D eigenvalue weighted by molar-refractivity contribution is -0.0876. The summed E-state index contributed by atoms with van der Waals surface area (Å²) in [5, 5.41) is 32.9. The topological polar surface area (TPSA) is 98.1 Å². The fraction of sp³-hybridized carbons (Fsp3) is 0.389. The van der Waals surface area contributed by atoms with E-state index in [1.165, 1.54) is 0 Å². The molecule has 0 spiro atoms. The summed E-state index contributed by atoms with van der Waals surface area (Å²) in [6.45, 7) is 0.549. The first-order valence-corrected chi connectivity index (χ1v) is 8.07. The number of hydrogen-bond donors (Lipinski definition) is 4. The van der Waals surface area contributed by atoms with Crippen LogP contribution in [0.1, 0.15) is 5.56 Å². The van der Waals surface area contributed by atoms with Crippen LogP contribution in [0, 0.1) is 0 Å². The molecule has 4 N–H and O–H groups in total. The molecule has 0 bridgehead atoms. The maximum atomic E-state index is 10.1. The standard InChI is InChI=1S/C18H20N2O4/c21-14-13(17-18(24-17)16(23)15(14)22)20-9-10-1-3-11(4-2-10)12-5-7-19-8-6-12/h1-8,13-18,20-23H,9H2/t13-,14+,15-,16+,17-,18+/m1/s1. The van der Waals surface area contributed by atoms with Gasteiger partial charge in [-0.05, 0) is 28.8 Å². The Hall–Kier alpha value is -1.83. The number of aromatic nitrogens is 1. The molecular formula is C18H20N2O4. The van der Waals surface area contributed by atoms with Gasteiger partial charge in [-0.15, -0.1) is 0 Å². The van der Waals surface area contributed by atoms with Gasteiger partial charge in [0.25, 0.3) is 0 Å². The Balaban J connectivity index is 1.40. The summed E-state index contributed by atoms with van der Waals surface area (Å²) in [4.78, 5) is 4.02. The van der Waals surface area contributed by atoms with E-state index in [2.05, 4.69) is 10.3 Å². The number of pyridine rings is 1. The lowest BCUT2D eigenvalue weighted by atomic mass is 9.87. The molecule has 1 aliphatic heterocycles. The third-order valence-electron chi connectivity index (χ3n) is 4.83. The Labute approximate surface area is 139 Å². The lowest BCUT2D eigenvalue weighted by Gasteiger charge is -2.32. The fourth-order valence-corrected chi connectivity index (χ4v) is 3.34. The van der Waals surface area contributed by atoms with E-state index in [1.54, 1.807) is 12.4 Å². The van der Waals surface area contributed by atoms with Crippen molar-refractivity contribution in [2.24, 2.45) is 0 Å². The SMILES string of the molecule is O[C@@H]1[C@@H](O)[C@@H](NCc2ccc(-c3ccncc3)cc2)[C@H]2O[C@H]2[C@H]1O. The van der Waals surface area contributed by atoms with Crippen LogP contribution in [0.25, 0.3) is 11.1 Å². The number of fused-ring (bicyclic) bond motifs is 1. The van der Waals surface area contributed by atoms with Crippen molar-refractivity contribution < 1.29 is 20.1 Å². The van der Waals surface area contributed by atoms with Crippen LogP contribution in [0.5, 0.6) is 0 Å². The summed E-state index contributed by atoms with van der Waals surface area (Å²) >= 11 is 0. The number of aliphatic hydroxyl groups excluding tert-OH is 3. The van der Waals surface area contributed by atoms with E-state index in [1.807, 2.05) is 36.4 Å². The monoisotopic (exact) mass is 328 g/mol. The molecule has 0 unspecified atom stereocenters. The molecule has 6 atom stereocenters. The molecule has 1 saturated carbocycles. The maximum Gasteiger partial charge on any atom is 0.114 e. The minimum atomic E-state index is -1.18. The zero-order chi connectivity index (χ0) is 16.7. The Morgan fingerprint density at radius 3 is 2.21 bits per heavy atom. The zero-order valence-electron chi connectivity index (χ0n) is 13.0. The summed E-state index contributed by atoms with van der Waals surface area (Å²) < 4.78 is 5.37. The van der Waals surface area contributed by atoms with Crippen LogP contribution in [-0.2, 0) is 11.3 Å². The van der Waals surface area contributed by atoms with Crippen molar-refractivity contribution in [3.63, 3.8) is 0 Å². The molecule has 2 aliphatic rings. The van der Waals surface area contributed by atoms with E-state index in [0.717, 1.165) is 16.7 Å². The van der Waals surface area contributed by atoms with Gasteiger partial charge < -0.3 is 25.4 Å². The number of aliphatic hydroxyl groups is 3. The largest absolute Gasteiger partial charge is 0.389 e. The van der Waals surface area contributed by atoms with Gasteiger partial charge in [-0.2, -0.15) is 0 Å². The highest BCUT2D eigenvalue weighted by molar-refractivity contribution is 5.62. The predicted molar refractivity (Wildman–Crippen MR) is 87.0 cm³/mol. The molecule has 1 saturated heterocycles. The van der Waals surface area contributed by atoms with Crippen LogP contribution in [-0.4, -0.2) is 56.9 Å². The average Bonchev–Trinajstić information content (AvgIpc) is 3.42. The summed E-state index contributed by atoms with van der Waals surface area (Å²) in [6.07, 6.45) is -0.324. The van der Waals surface area contributed by atoms with E-state index in [-0.39, 0.29) is 18.2 Å². The van der Waals surface area contributed by atoms with Crippen molar-refractivity contribution in [3.8, 4) is 11.1 Å². The minimum Gasteiger partial charge on any atom is -0.389 e. The van der Waals surface area contributed by atoms with E-state index < -0.39 is 18.3 Å². The molecule has 2 fully saturated rings. The maximum absolute atomic E-state index is 10.1. The van der Waals surface area contributed by atoms with E-state index >= 15 is 0 Å². The molecule has 126 valence electrons. The van der Waals surface area contributed by atoms with Crippen molar-refractivity contribution >= 4 is 0 Å². The summed E-state index contributed by atoms with van der Waals surface area (Å²) in [6, 6.07) is 11.7. The minimum absolute atomic E-state index is 0.241. The Morgan fingerprint density at radius 1 is 0.833 bits per heavy atom. The van der Waals surface area contributed by atoms with Gasteiger partial charge in [-0.3, -0.25) is 4.98 Å². The average molecular weight is 328 g/mol. The molecule has 1 aromatic heterocycles. The summed E-state index contributed by atoms with van der Waals surface area (Å²) in [5.41, 5.74) is 3.29. The highest BCUT2D eigenvalue weighted by Gasteiger charge is 2.59. The lowest BCUT2D eigenvalue weighted by Crippen LogP contribution is -2.58. The quantitative estimate of drug-likeness (QED) is 0.593. The molecule has 1 aromatic carbocycles. The van der Waals surface area contributed by atoms with Crippen LogP contribution in [0.15, 0.2) is 48.8 Å². The van der Waals surface area contributed by atoms with Crippen molar-refractivity contribution in [1.82, 2.24) is 10.3 Å². The van der Waals surface area contributed by atoms with Crippen molar-refractivity contribution in [2.75, 3.05) is 0 Å². The number of ether oxygens (including phenoxy) is 1. The van der Waals surface area contributed by atoms with E-state index in [4.69, 9.17) is 4.74 Å². The van der Waals surface area contributed by atoms with Crippen molar-refractivity contribution in [3.05, 3.63) is 54.4 Å². The van der Waals surface area contributed by atoms with Crippen LogP contribution >= 0.6 is 0 Å². The molecular weight excluding hydrogens is 308 g/mol. The van der Waals surface area contributed by atoms with Gasteiger partial charge in [-0.1, -0.05) is 24.3 Å². The van der Waals surface area contributed by atoms with Crippen LogP contribution in [0.3, 0.4) is 0 Å². The number of rotatable bonds is 4. The van der Waals surface area contributed by atoms with Crippen LogP contribution < -0.4 is 5.32 Å².